The molecule has 0 aliphatic carbocycles. The zero-order valence-corrected chi connectivity index (χ0v) is 5.35. The highest BCUT2D eigenvalue weighted by molar-refractivity contribution is 5.39. The molecule has 0 atom stereocenters. The predicted molar refractivity (Wildman–Crippen MR) is 37.3 cm³/mol. The molecule has 0 saturated carbocycles. The highest BCUT2D eigenvalue weighted by Gasteiger charge is 1.92. The summed E-state index contributed by atoms with van der Waals surface area (Å²) in [6, 6.07) is 3.52. The van der Waals surface area contributed by atoms with Gasteiger partial charge in [-0.15, -0.1) is 0 Å². The standard InChI is InChI=1S/C6H10N2O/c1-2-8-6-4-3-5(7)9-6/h3-4,8H,2,7H2,1H3. The number of nitrogens with two attached hydrogens (primary N) is 1. The second-order valence-corrected chi connectivity index (χ2v) is 1.73. The van der Waals surface area contributed by atoms with Gasteiger partial charge in [0.15, 0.2) is 11.8 Å². The van der Waals surface area contributed by atoms with Gasteiger partial charge in [0.1, 0.15) is 0 Å². The van der Waals surface area contributed by atoms with Crippen molar-refractivity contribution >= 4 is 11.8 Å². The molecule has 0 spiro atoms. The van der Waals surface area contributed by atoms with E-state index >= 15 is 0 Å². The zero-order valence-electron chi connectivity index (χ0n) is 5.35. The zero-order chi connectivity index (χ0) is 6.69. The van der Waals surface area contributed by atoms with Crippen LogP contribution in [0.3, 0.4) is 0 Å². The Morgan fingerprint density at radius 3 is 2.89 bits per heavy atom. The third-order valence-electron chi connectivity index (χ3n) is 0.978. The lowest BCUT2D eigenvalue weighted by atomic mass is 10.6. The van der Waals surface area contributed by atoms with Gasteiger partial charge in [0.25, 0.3) is 0 Å². The second-order valence-electron chi connectivity index (χ2n) is 1.73. The summed E-state index contributed by atoms with van der Waals surface area (Å²) in [6.07, 6.45) is 0. The molecule has 1 heterocycles. The van der Waals surface area contributed by atoms with Crippen LogP contribution in [0, 0.1) is 0 Å². The fourth-order valence-corrected chi connectivity index (χ4v) is 0.622. The lowest BCUT2D eigenvalue weighted by Gasteiger charge is -1.93. The van der Waals surface area contributed by atoms with Crippen molar-refractivity contribution in [3.63, 3.8) is 0 Å². The monoisotopic (exact) mass is 126 g/mol. The van der Waals surface area contributed by atoms with Gasteiger partial charge in [-0.3, -0.25) is 0 Å². The molecule has 3 N–H and O–H groups in total. The van der Waals surface area contributed by atoms with Crippen LogP contribution in [0.15, 0.2) is 16.5 Å². The summed E-state index contributed by atoms with van der Waals surface area (Å²) in [7, 11) is 0. The first-order chi connectivity index (χ1) is 4.33. The van der Waals surface area contributed by atoms with Gasteiger partial charge in [-0.05, 0) is 6.92 Å². The van der Waals surface area contributed by atoms with Gasteiger partial charge in [-0.2, -0.15) is 0 Å². The van der Waals surface area contributed by atoms with E-state index in [1.54, 1.807) is 12.1 Å². The maximum atomic E-state index is 5.30. The highest BCUT2D eigenvalue weighted by Crippen LogP contribution is 2.13. The number of rotatable bonds is 2. The average Bonchev–Trinajstić information content (AvgIpc) is 2.17. The molecule has 50 valence electrons. The lowest BCUT2D eigenvalue weighted by Crippen LogP contribution is -1.93. The Morgan fingerprint density at radius 2 is 2.44 bits per heavy atom. The van der Waals surface area contributed by atoms with Gasteiger partial charge in [0, 0.05) is 18.7 Å². The molecule has 0 unspecified atom stereocenters. The minimum Gasteiger partial charge on any atom is -0.426 e. The predicted octanol–water partition coefficient (Wildman–Crippen LogP) is 1.29. The smallest absolute Gasteiger partial charge is 0.195 e. The fourth-order valence-electron chi connectivity index (χ4n) is 0.622. The molecule has 1 aromatic heterocycles. The van der Waals surface area contributed by atoms with E-state index in [1.165, 1.54) is 0 Å². The van der Waals surface area contributed by atoms with E-state index in [9.17, 15) is 0 Å². The summed E-state index contributed by atoms with van der Waals surface area (Å²) >= 11 is 0. The highest BCUT2D eigenvalue weighted by atomic mass is 16.4. The summed E-state index contributed by atoms with van der Waals surface area (Å²) in [6.45, 7) is 2.85. The largest absolute Gasteiger partial charge is 0.426 e. The van der Waals surface area contributed by atoms with Crippen LogP contribution >= 0.6 is 0 Å². The first kappa shape index (κ1) is 6.01. The quantitative estimate of drug-likeness (QED) is 0.627. The van der Waals surface area contributed by atoms with E-state index in [4.69, 9.17) is 10.2 Å². The van der Waals surface area contributed by atoms with Gasteiger partial charge in [0.05, 0.1) is 0 Å². The van der Waals surface area contributed by atoms with Gasteiger partial charge >= 0.3 is 0 Å². The number of hydrogen-bond acceptors (Lipinski definition) is 3. The fraction of sp³-hybridized carbons (Fsp3) is 0.333. The summed E-state index contributed by atoms with van der Waals surface area (Å²) in [5.41, 5.74) is 5.30. The summed E-state index contributed by atoms with van der Waals surface area (Å²) in [5, 5.41) is 2.98. The SMILES string of the molecule is CCNc1ccc(N)o1. The van der Waals surface area contributed by atoms with E-state index in [-0.39, 0.29) is 0 Å². The van der Waals surface area contributed by atoms with E-state index in [2.05, 4.69) is 5.32 Å². The molecule has 0 bridgehead atoms. The topological polar surface area (TPSA) is 51.2 Å². The Balaban J connectivity index is 2.61. The normalized spacial score (nSPS) is 9.44. The van der Waals surface area contributed by atoms with Crippen molar-refractivity contribution in [2.75, 3.05) is 17.6 Å². The molecule has 9 heavy (non-hydrogen) atoms. The van der Waals surface area contributed by atoms with Crippen molar-refractivity contribution in [1.82, 2.24) is 0 Å². The molecule has 0 saturated heterocycles. The average molecular weight is 126 g/mol. The molecule has 1 aromatic rings. The number of anilines is 2. The van der Waals surface area contributed by atoms with E-state index in [0.29, 0.717) is 5.88 Å². The first-order valence-electron chi connectivity index (χ1n) is 2.92. The van der Waals surface area contributed by atoms with Gasteiger partial charge in [0.2, 0.25) is 0 Å². The number of furan rings is 1. The van der Waals surface area contributed by atoms with Crippen LogP contribution in [0.25, 0.3) is 0 Å². The minimum absolute atomic E-state index is 0.450. The first-order valence-corrected chi connectivity index (χ1v) is 2.92. The molecule has 3 nitrogen and oxygen atoms in total. The maximum absolute atomic E-state index is 5.30. The third kappa shape index (κ3) is 1.38. The molecule has 0 aliphatic rings. The van der Waals surface area contributed by atoms with Crippen LogP contribution in [0.1, 0.15) is 6.92 Å². The Morgan fingerprint density at radius 1 is 1.67 bits per heavy atom. The molecule has 0 fully saturated rings. The Labute approximate surface area is 53.8 Å². The molecule has 0 radical (unpaired) electrons. The van der Waals surface area contributed by atoms with E-state index in [0.717, 1.165) is 12.4 Å². The Bertz CT molecular complexity index is 183. The van der Waals surface area contributed by atoms with Crippen LogP contribution in [0.4, 0.5) is 11.8 Å². The molecule has 0 amide bonds. The van der Waals surface area contributed by atoms with E-state index in [1.807, 2.05) is 6.92 Å². The number of hydrogen-bond donors (Lipinski definition) is 2. The van der Waals surface area contributed by atoms with Crippen LogP contribution in [-0.4, -0.2) is 6.54 Å². The van der Waals surface area contributed by atoms with E-state index < -0.39 is 0 Å². The molecule has 3 heteroatoms. The van der Waals surface area contributed by atoms with Gasteiger partial charge in [-0.1, -0.05) is 0 Å². The van der Waals surface area contributed by atoms with Crippen molar-refractivity contribution < 1.29 is 4.42 Å². The minimum atomic E-state index is 0.450. The van der Waals surface area contributed by atoms with Gasteiger partial charge in [-0.25, -0.2) is 0 Å². The summed E-state index contributed by atoms with van der Waals surface area (Å²) < 4.78 is 4.99. The van der Waals surface area contributed by atoms with Crippen molar-refractivity contribution in [2.45, 2.75) is 6.92 Å². The molecule has 1 rings (SSSR count). The number of nitrogens with one attached hydrogen (secondary N) is 1. The van der Waals surface area contributed by atoms with Crippen molar-refractivity contribution in [3.05, 3.63) is 12.1 Å². The maximum Gasteiger partial charge on any atom is 0.195 e. The molecular weight excluding hydrogens is 116 g/mol. The second kappa shape index (κ2) is 2.44. The van der Waals surface area contributed by atoms with Crippen LogP contribution in [-0.2, 0) is 0 Å². The van der Waals surface area contributed by atoms with Crippen molar-refractivity contribution in [3.8, 4) is 0 Å². The van der Waals surface area contributed by atoms with Crippen molar-refractivity contribution in [1.29, 1.82) is 0 Å². The molecule has 0 aromatic carbocycles. The molecular formula is C6H10N2O. The van der Waals surface area contributed by atoms with Crippen LogP contribution in [0.2, 0.25) is 0 Å². The van der Waals surface area contributed by atoms with Gasteiger partial charge < -0.3 is 15.5 Å². The Kier molecular flexibility index (Phi) is 1.63. The Hall–Kier alpha value is -1.12. The third-order valence-corrected chi connectivity index (χ3v) is 0.978. The van der Waals surface area contributed by atoms with Crippen LogP contribution < -0.4 is 11.1 Å². The van der Waals surface area contributed by atoms with Crippen LogP contribution in [0.5, 0.6) is 0 Å². The van der Waals surface area contributed by atoms with Crippen molar-refractivity contribution in [2.24, 2.45) is 0 Å². The summed E-state index contributed by atoms with van der Waals surface area (Å²) in [5.74, 6) is 1.18. The number of nitrogen functional groups attached to an aromatic ring is 1. The lowest BCUT2D eigenvalue weighted by molar-refractivity contribution is 0.600. The molecule has 0 aliphatic heterocycles. The summed E-state index contributed by atoms with van der Waals surface area (Å²) in [4.78, 5) is 0.